The zero-order chi connectivity index (χ0) is 10.6. The first-order valence-corrected chi connectivity index (χ1v) is 5.08. The average molecular weight is 192 g/mol. The summed E-state index contributed by atoms with van der Waals surface area (Å²) in [6.07, 6.45) is 0. The molecule has 0 aliphatic heterocycles. The molecule has 0 aliphatic carbocycles. The van der Waals surface area contributed by atoms with Crippen molar-refractivity contribution in [2.45, 2.75) is 26.4 Å². The minimum absolute atomic E-state index is 0.240. The van der Waals surface area contributed by atoms with Crippen LogP contribution in [0.1, 0.15) is 18.1 Å². The molecule has 0 fully saturated rings. The molecule has 1 atom stereocenters. The van der Waals surface area contributed by atoms with E-state index in [0.29, 0.717) is 0 Å². The summed E-state index contributed by atoms with van der Waals surface area (Å²) in [5, 5.41) is 0. The van der Waals surface area contributed by atoms with Crippen molar-refractivity contribution in [3.8, 4) is 0 Å². The highest BCUT2D eigenvalue weighted by Crippen LogP contribution is 2.09. The Morgan fingerprint density at radius 2 is 2.00 bits per heavy atom. The number of hydrogen-bond acceptors (Lipinski definition) is 2. The van der Waals surface area contributed by atoms with Crippen LogP contribution in [0.4, 0.5) is 0 Å². The van der Waals surface area contributed by atoms with Gasteiger partial charge in [0, 0.05) is 19.1 Å². The highest BCUT2D eigenvalue weighted by molar-refractivity contribution is 5.25. The minimum Gasteiger partial charge on any atom is -0.327 e. The van der Waals surface area contributed by atoms with E-state index in [1.165, 1.54) is 11.1 Å². The molecule has 2 nitrogen and oxygen atoms in total. The lowest BCUT2D eigenvalue weighted by atomic mass is 10.1. The number of nitrogens with zero attached hydrogens (tertiary/aromatic N) is 1. The fourth-order valence-electron chi connectivity index (χ4n) is 1.63. The molecule has 0 amide bonds. The van der Waals surface area contributed by atoms with Crippen molar-refractivity contribution in [2.75, 3.05) is 13.6 Å². The van der Waals surface area contributed by atoms with Crippen LogP contribution in [-0.2, 0) is 6.54 Å². The van der Waals surface area contributed by atoms with Gasteiger partial charge >= 0.3 is 0 Å². The summed E-state index contributed by atoms with van der Waals surface area (Å²) in [7, 11) is 2.11. The van der Waals surface area contributed by atoms with E-state index in [-0.39, 0.29) is 6.04 Å². The summed E-state index contributed by atoms with van der Waals surface area (Å²) in [4.78, 5) is 2.26. The summed E-state index contributed by atoms with van der Waals surface area (Å²) in [5.41, 5.74) is 8.48. The van der Waals surface area contributed by atoms with Crippen LogP contribution in [0.15, 0.2) is 24.3 Å². The summed E-state index contributed by atoms with van der Waals surface area (Å²) in [5.74, 6) is 0. The van der Waals surface area contributed by atoms with Gasteiger partial charge in [0.05, 0.1) is 0 Å². The van der Waals surface area contributed by atoms with Gasteiger partial charge in [-0.3, -0.25) is 0 Å². The normalized spacial score (nSPS) is 13.2. The smallest absolute Gasteiger partial charge is 0.0233 e. The molecule has 1 unspecified atom stereocenters. The zero-order valence-electron chi connectivity index (χ0n) is 9.33. The van der Waals surface area contributed by atoms with E-state index in [9.17, 15) is 0 Å². The maximum Gasteiger partial charge on any atom is 0.0233 e. The number of nitrogens with two attached hydrogens (primary N) is 1. The van der Waals surface area contributed by atoms with Gasteiger partial charge in [-0.05, 0) is 32.0 Å². The molecule has 0 bridgehead atoms. The molecule has 1 rings (SSSR count). The lowest BCUT2D eigenvalue weighted by Crippen LogP contribution is -2.32. The van der Waals surface area contributed by atoms with Gasteiger partial charge in [0.1, 0.15) is 0 Å². The first kappa shape index (κ1) is 11.2. The van der Waals surface area contributed by atoms with E-state index in [2.05, 4.69) is 43.1 Å². The first-order chi connectivity index (χ1) is 6.59. The number of benzene rings is 1. The zero-order valence-corrected chi connectivity index (χ0v) is 9.33. The molecule has 0 aliphatic rings. The molecule has 2 heteroatoms. The summed E-state index contributed by atoms with van der Waals surface area (Å²) >= 11 is 0. The lowest BCUT2D eigenvalue weighted by Gasteiger charge is -2.19. The third-order valence-electron chi connectivity index (χ3n) is 2.30. The topological polar surface area (TPSA) is 29.3 Å². The van der Waals surface area contributed by atoms with Crippen molar-refractivity contribution in [1.82, 2.24) is 4.90 Å². The van der Waals surface area contributed by atoms with Crippen molar-refractivity contribution < 1.29 is 0 Å². The van der Waals surface area contributed by atoms with Gasteiger partial charge in [-0.15, -0.1) is 0 Å². The second kappa shape index (κ2) is 5.13. The van der Waals surface area contributed by atoms with Gasteiger partial charge in [-0.1, -0.05) is 24.3 Å². The van der Waals surface area contributed by atoms with E-state index in [1.807, 2.05) is 6.92 Å². The molecule has 1 aromatic carbocycles. The lowest BCUT2D eigenvalue weighted by molar-refractivity contribution is 0.309. The largest absolute Gasteiger partial charge is 0.327 e. The standard InChI is InChI=1S/C12H20N2/c1-10-6-4-5-7-12(10)9-14(3)8-11(2)13/h4-7,11H,8-9,13H2,1-3H3. The van der Waals surface area contributed by atoms with Gasteiger partial charge < -0.3 is 10.6 Å². The Labute approximate surface area is 86.7 Å². The molecule has 14 heavy (non-hydrogen) atoms. The summed E-state index contributed by atoms with van der Waals surface area (Å²) in [6, 6.07) is 8.72. The second-order valence-electron chi connectivity index (χ2n) is 4.10. The third-order valence-corrected chi connectivity index (χ3v) is 2.30. The highest BCUT2D eigenvalue weighted by Gasteiger charge is 2.04. The van der Waals surface area contributed by atoms with Gasteiger partial charge in [-0.2, -0.15) is 0 Å². The second-order valence-corrected chi connectivity index (χ2v) is 4.10. The summed E-state index contributed by atoms with van der Waals surface area (Å²) in [6.45, 7) is 6.10. The van der Waals surface area contributed by atoms with Gasteiger partial charge in [0.2, 0.25) is 0 Å². The third kappa shape index (κ3) is 3.48. The number of hydrogen-bond donors (Lipinski definition) is 1. The fraction of sp³-hybridized carbons (Fsp3) is 0.500. The van der Waals surface area contributed by atoms with E-state index in [4.69, 9.17) is 5.73 Å². The van der Waals surface area contributed by atoms with Crippen molar-refractivity contribution in [3.63, 3.8) is 0 Å². The molecule has 0 spiro atoms. The van der Waals surface area contributed by atoms with Crippen LogP contribution in [0, 0.1) is 6.92 Å². The Morgan fingerprint density at radius 1 is 1.36 bits per heavy atom. The average Bonchev–Trinajstić information content (AvgIpc) is 2.07. The Morgan fingerprint density at radius 3 is 2.57 bits per heavy atom. The number of rotatable bonds is 4. The predicted molar refractivity (Wildman–Crippen MR) is 61.2 cm³/mol. The van der Waals surface area contributed by atoms with Gasteiger partial charge in [0.15, 0.2) is 0 Å². The Bertz CT molecular complexity index is 281. The van der Waals surface area contributed by atoms with Crippen molar-refractivity contribution in [3.05, 3.63) is 35.4 Å². The quantitative estimate of drug-likeness (QED) is 0.788. The van der Waals surface area contributed by atoms with Crippen LogP contribution in [0.2, 0.25) is 0 Å². The van der Waals surface area contributed by atoms with Crippen molar-refractivity contribution in [1.29, 1.82) is 0 Å². The minimum atomic E-state index is 0.240. The molecule has 78 valence electrons. The van der Waals surface area contributed by atoms with Crippen molar-refractivity contribution in [2.24, 2.45) is 5.73 Å². The van der Waals surface area contributed by atoms with Crippen LogP contribution < -0.4 is 5.73 Å². The fourth-order valence-corrected chi connectivity index (χ4v) is 1.63. The maximum atomic E-state index is 5.74. The van der Waals surface area contributed by atoms with Crippen LogP contribution in [0.25, 0.3) is 0 Å². The van der Waals surface area contributed by atoms with Gasteiger partial charge in [0.25, 0.3) is 0 Å². The molecule has 1 aromatic rings. The van der Waals surface area contributed by atoms with Crippen LogP contribution >= 0.6 is 0 Å². The molecule has 0 aromatic heterocycles. The highest BCUT2D eigenvalue weighted by atomic mass is 15.1. The predicted octanol–water partition coefficient (Wildman–Crippen LogP) is 1.77. The molecule has 2 N–H and O–H groups in total. The monoisotopic (exact) mass is 192 g/mol. The first-order valence-electron chi connectivity index (χ1n) is 5.08. The molecular formula is C12H20N2. The van der Waals surface area contributed by atoms with E-state index in [0.717, 1.165) is 13.1 Å². The molecule has 0 radical (unpaired) electrons. The van der Waals surface area contributed by atoms with Crippen LogP contribution in [-0.4, -0.2) is 24.5 Å². The van der Waals surface area contributed by atoms with Crippen LogP contribution in [0.5, 0.6) is 0 Å². The number of likely N-dealkylation sites (N-methyl/N-ethyl adjacent to an activating group) is 1. The SMILES string of the molecule is Cc1ccccc1CN(C)CC(C)N. The number of aryl methyl sites for hydroxylation is 1. The molecule has 0 saturated carbocycles. The Kier molecular flexibility index (Phi) is 4.11. The van der Waals surface area contributed by atoms with Crippen molar-refractivity contribution >= 4 is 0 Å². The Hall–Kier alpha value is -0.860. The van der Waals surface area contributed by atoms with E-state index >= 15 is 0 Å². The van der Waals surface area contributed by atoms with Gasteiger partial charge in [-0.25, -0.2) is 0 Å². The van der Waals surface area contributed by atoms with E-state index < -0.39 is 0 Å². The van der Waals surface area contributed by atoms with Crippen LogP contribution in [0.3, 0.4) is 0 Å². The Balaban J connectivity index is 2.56. The molecule has 0 heterocycles. The summed E-state index contributed by atoms with van der Waals surface area (Å²) < 4.78 is 0. The molecule has 0 saturated heterocycles. The maximum absolute atomic E-state index is 5.74. The molecular weight excluding hydrogens is 172 g/mol. The van der Waals surface area contributed by atoms with E-state index in [1.54, 1.807) is 0 Å².